The number of ether oxygens (including phenoxy) is 2. The van der Waals surface area contributed by atoms with Crippen LogP contribution in [-0.2, 0) is 9.78 Å². The summed E-state index contributed by atoms with van der Waals surface area (Å²) in [5.74, 6) is 0.503. The lowest BCUT2D eigenvalue weighted by Gasteiger charge is -2.18. The lowest BCUT2D eigenvalue weighted by molar-refractivity contribution is -0.239. The second-order valence-electron chi connectivity index (χ2n) is 4.62. The molecule has 5 nitrogen and oxygen atoms in total. The number of rotatable bonds is 5. The maximum absolute atomic E-state index is 11.9. The smallest absolute Gasteiger partial charge is 0.373 e. The summed E-state index contributed by atoms with van der Waals surface area (Å²) in [7, 11) is 3.06. The fourth-order valence-corrected chi connectivity index (χ4v) is 2.14. The van der Waals surface area contributed by atoms with Crippen LogP contribution in [0.15, 0.2) is 18.2 Å². The molecule has 1 aromatic carbocycles. The zero-order valence-corrected chi connectivity index (χ0v) is 11.8. The first-order chi connectivity index (χ1) is 9.74. The van der Waals surface area contributed by atoms with E-state index in [-0.39, 0.29) is 0 Å². The fourth-order valence-electron chi connectivity index (χ4n) is 2.14. The molecule has 1 aliphatic rings. The van der Waals surface area contributed by atoms with Crippen molar-refractivity contribution in [2.45, 2.75) is 32.1 Å². The van der Waals surface area contributed by atoms with Gasteiger partial charge < -0.3 is 9.47 Å². The van der Waals surface area contributed by atoms with Gasteiger partial charge in [-0.3, -0.25) is 4.89 Å². The molecule has 1 radical (unpaired) electrons. The Kier molecular flexibility index (Phi) is 5.24. The molecule has 0 atom stereocenters. The van der Waals surface area contributed by atoms with Crippen molar-refractivity contribution in [3.63, 3.8) is 0 Å². The minimum absolute atomic E-state index is 0.360. The van der Waals surface area contributed by atoms with Crippen LogP contribution in [0.2, 0.25) is 0 Å². The van der Waals surface area contributed by atoms with Crippen LogP contribution in [0.4, 0.5) is 0 Å². The molecule has 0 unspecified atom stereocenters. The van der Waals surface area contributed by atoms with E-state index in [2.05, 4.69) is 0 Å². The zero-order valence-electron chi connectivity index (χ0n) is 11.8. The van der Waals surface area contributed by atoms with Crippen molar-refractivity contribution < 1.29 is 24.0 Å². The summed E-state index contributed by atoms with van der Waals surface area (Å²) in [6.45, 7) is 0. The Bertz CT molecular complexity index is 452. The van der Waals surface area contributed by atoms with Gasteiger partial charge in [0.15, 0.2) is 11.5 Å². The molecule has 0 amide bonds. The molecule has 20 heavy (non-hydrogen) atoms. The minimum atomic E-state index is -0.538. The molecular formula is C15H19O5. The normalized spacial score (nSPS) is 15.7. The van der Waals surface area contributed by atoms with Crippen LogP contribution in [0.1, 0.15) is 42.5 Å². The number of carbonyl (C=O) groups is 1. The number of benzene rings is 1. The van der Waals surface area contributed by atoms with Gasteiger partial charge in [-0.15, -0.1) is 0 Å². The van der Waals surface area contributed by atoms with Crippen LogP contribution in [0.3, 0.4) is 0 Å². The maximum Gasteiger partial charge on any atom is 0.373 e. The van der Waals surface area contributed by atoms with E-state index in [4.69, 9.17) is 19.2 Å². The lowest BCUT2D eigenvalue weighted by Crippen LogP contribution is -2.13. The summed E-state index contributed by atoms with van der Waals surface area (Å²) < 4.78 is 10.3. The monoisotopic (exact) mass is 279 g/mol. The summed E-state index contributed by atoms with van der Waals surface area (Å²) in [4.78, 5) is 21.9. The molecule has 0 bridgehead atoms. The Balaban J connectivity index is 1.94. The van der Waals surface area contributed by atoms with Crippen molar-refractivity contribution >= 4 is 5.97 Å². The van der Waals surface area contributed by atoms with E-state index >= 15 is 0 Å². The predicted molar refractivity (Wildman–Crippen MR) is 72.4 cm³/mol. The fraction of sp³-hybridized carbons (Fsp3) is 0.467. The molecule has 0 spiro atoms. The predicted octanol–water partition coefficient (Wildman–Crippen LogP) is 3.29. The van der Waals surface area contributed by atoms with E-state index in [1.807, 2.05) is 0 Å². The molecule has 1 aliphatic carbocycles. The first-order valence-electron chi connectivity index (χ1n) is 6.70. The van der Waals surface area contributed by atoms with Crippen molar-refractivity contribution in [2.24, 2.45) is 0 Å². The van der Waals surface area contributed by atoms with Crippen LogP contribution in [-0.4, -0.2) is 20.2 Å². The molecule has 1 fully saturated rings. The largest absolute Gasteiger partial charge is 0.493 e. The van der Waals surface area contributed by atoms with Crippen LogP contribution in [0.5, 0.6) is 11.5 Å². The molecule has 1 saturated carbocycles. The summed E-state index contributed by atoms with van der Waals surface area (Å²) in [5.41, 5.74) is 0.360. The third kappa shape index (κ3) is 3.63. The molecule has 1 aromatic rings. The third-order valence-electron chi connectivity index (χ3n) is 3.27. The van der Waals surface area contributed by atoms with Crippen molar-refractivity contribution in [2.75, 3.05) is 14.2 Å². The van der Waals surface area contributed by atoms with Gasteiger partial charge in [0.05, 0.1) is 19.8 Å². The molecule has 0 aromatic heterocycles. The van der Waals surface area contributed by atoms with E-state index in [0.717, 1.165) is 31.8 Å². The first kappa shape index (κ1) is 14.7. The Hall–Kier alpha value is -1.75. The summed E-state index contributed by atoms with van der Waals surface area (Å²) in [6.07, 6.45) is 5.94. The Morgan fingerprint density at radius 2 is 1.70 bits per heavy atom. The molecular weight excluding hydrogens is 260 g/mol. The average molecular weight is 279 g/mol. The Morgan fingerprint density at radius 1 is 1.00 bits per heavy atom. The standard InChI is InChI=1S/C15H19O5/c1-17-13-9-8-11(10-14(13)18-2)15(16)20-19-12-6-4-3-5-7-12/h8-10H,3-7H2,1-2H3. The van der Waals surface area contributed by atoms with E-state index in [1.54, 1.807) is 25.3 Å². The zero-order chi connectivity index (χ0) is 14.4. The van der Waals surface area contributed by atoms with E-state index in [9.17, 15) is 4.79 Å². The number of carbonyl (C=O) groups excluding carboxylic acids is 1. The first-order valence-corrected chi connectivity index (χ1v) is 6.70. The maximum atomic E-state index is 11.9. The van der Waals surface area contributed by atoms with Crippen LogP contribution < -0.4 is 9.47 Å². The topological polar surface area (TPSA) is 54.0 Å². The summed E-state index contributed by atoms with van der Waals surface area (Å²) in [5, 5.41) is 0. The lowest BCUT2D eigenvalue weighted by atomic mass is 9.98. The molecule has 0 N–H and O–H groups in total. The van der Waals surface area contributed by atoms with Gasteiger partial charge in [0.25, 0.3) is 0 Å². The second-order valence-corrected chi connectivity index (χ2v) is 4.62. The number of hydrogen-bond acceptors (Lipinski definition) is 5. The molecule has 5 heteroatoms. The molecule has 2 rings (SSSR count). The van der Waals surface area contributed by atoms with Crippen molar-refractivity contribution in [3.8, 4) is 11.5 Å². The minimum Gasteiger partial charge on any atom is -0.493 e. The molecule has 0 heterocycles. The van der Waals surface area contributed by atoms with Gasteiger partial charge in [-0.25, -0.2) is 4.79 Å². The Labute approximate surface area is 118 Å². The van der Waals surface area contributed by atoms with Crippen molar-refractivity contribution in [1.29, 1.82) is 0 Å². The van der Waals surface area contributed by atoms with E-state index in [0.29, 0.717) is 17.1 Å². The van der Waals surface area contributed by atoms with Gasteiger partial charge in [0.1, 0.15) is 6.10 Å². The number of hydrogen-bond donors (Lipinski definition) is 0. The molecule has 0 aliphatic heterocycles. The van der Waals surface area contributed by atoms with Gasteiger partial charge in [0.2, 0.25) is 0 Å². The molecule has 0 saturated heterocycles. The van der Waals surface area contributed by atoms with Gasteiger partial charge in [-0.2, -0.15) is 4.89 Å². The van der Waals surface area contributed by atoms with Crippen LogP contribution >= 0.6 is 0 Å². The average Bonchev–Trinajstić information content (AvgIpc) is 2.52. The second kappa shape index (κ2) is 7.14. The van der Waals surface area contributed by atoms with Gasteiger partial charge in [-0.05, 0) is 31.0 Å². The van der Waals surface area contributed by atoms with Crippen molar-refractivity contribution in [3.05, 3.63) is 29.9 Å². The summed E-state index contributed by atoms with van der Waals surface area (Å²) in [6, 6.07) is 4.83. The van der Waals surface area contributed by atoms with E-state index in [1.165, 1.54) is 13.5 Å². The third-order valence-corrected chi connectivity index (χ3v) is 3.27. The van der Waals surface area contributed by atoms with Gasteiger partial charge in [-0.1, -0.05) is 19.3 Å². The highest BCUT2D eigenvalue weighted by Crippen LogP contribution is 2.29. The van der Waals surface area contributed by atoms with Crippen molar-refractivity contribution in [1.82, 2.24) is 0 Å². The van der Waals surface area contributed by atoms with E-state index < -0.39 is 5.97 Å². The van der Waals surface area contributed by atoms with Gasteiger partial charge in [0, 0.05) is 0 Å². The van der Waals surface area contributed by atoms with Crippen LogP contribution in [0.25, 0.3) is 0 Å². The SMILES string of the molecule is COc1ccc(C(=O)OO[C]2CCCCC2)cc1OC. The van der Waals surface area contributed by atoms with Gasteiger partial charge >= 0.3 is 5.97 Å². The molecule has 109 valence electrons. The van der Waals surface area contributed by atoms with Crippen LogP contribution in [0, 0.1) is 6.10 Å². The summed E-state index contributed by atoms with van der Waals surface area (Å²) >= 11 is 0. The number of methoxy groups -OCH3 is 2. The highest BCUT2D eigenvalue weighted by molar-refractivity contribution is 5.89. The highest BCUT2D eigenvalue weighted by atomic mass is 17.2. The Morgan fingerprint density at radius 3 is 2.35 bits per heavy atom. The quantitative estimate of drug-likeness (QED) is 0.611. The highest BCUT2D eigenvalue weighted by Gasteiger charge is 2.19.